The summed E-state index contributed by atoms with van der Waals surface area (Å²) < 4.78 is 36.2. The minimum Gasteiger partial charge on any atom is -0.313 e. The highest BCUT2D eigenvalue weighted by molar-refractivity contribution is 7.91. The number of hydrogen-bond acceptors (Lipinski definition) is 3. The van der Waals surface area contributed by atoms with Crippen molar-refractivity contribution < 1.29 is 12.8 Å². The number of nitrogens with one attached hydrogen (secondary N) is 1. The van der Waals surface area contributed by atoms with E-state index in [2.05, 4.69) is 5.32 Å². The monoisotopic (exact) mass is 257 g/mol. The van der Waals surface area contributed by atoms with Crippen molar-refractivity contribution in [2.75, 3.05) is 18.1 Å². The topological polar surface area (TPSA) is 46.2 Å². The molecule has 0 saturated carbocycles. The molecule has 2 rings (SSSR count). The predicted octanol–water partition coefficient (Wildman–Crippen LogP) is 1.14. The Balaban J connectivity index is 1.86. The summed E-state index contributed by atoms with van der Waals surface area (Å²) in [6, 6.07) is 6.11. The van der Waals surface area contributed by atoms with Crippen molar-refractivity contribution >= 4 is 9.84 Å². The Bertz CT molecular complexity index is 466. The van der Waals surface area contributed by atoms with Crippen LogP contribution in [0.25, 0.3) is 0 Å². The zero-order valence-electron chi connectivity index (χ0n) is 9.52. The standard InChI is InChI=1S/C12H16FNO2S/c13-11-3-1-10(2-4-11)6-8-17(15,16)9-12-5-7-14-12/h1-4,12,14H,5-9H2. The Morgan fingerprint density at radius 1 is 1.29 bits per heavy atom. The molecule has 1 aromatic rings. The Labute approximate surface area is 101 Å². The average molecular weight is 257 g/mol. The van der Waals surface area contributed by atoms with Crippen molar-refractivity contribution in [3.8, 4) is 0 Å². The number of benzene rings is 1. The van der Waals surface area contributed by atoms with Crippen molar-refractivity contribution in [2.45, 2.75) is 18.9 Å². The molecule has 0 spiro atoms. The smallest absolute Gasteiger partial charge is 0.152 e. The van der Waals surface area contributed by atoms with E-state index in [0.717, 1.165) is 18.5 Å². The van der Waals surface area contributed by atoms with Gasteiger partial charge in [-0.3, -0.25) is 0 Å². The zero-order chi connectivity index (χ0) is 12.3. The molecule has 94 valence electrons. The van der Waals surface area contributed by atoms with Crippen LogP contribution in [0.15, 0.2) is 24.3 Å². The first-order chi connectivity index (χ1) is 8.05. The van der Waals surface area contributed by atoms with Gasteiger partial charge in [0.2, 0.25) is 0 Å². The van der Waals surface area contributed by atoms with E-state index in [0.29, 0.717) is 6.42 Å². The maximum Gasteiger partial charge on any atom is 0.152 e. The molecule has 1 aliphatic heterocycles. The van der Waals surface area contributed by atoms with E-state index >= 15 is 0 Å². The van der Waals surface area contributed by atoms with Crippen LogP contribution in [0.5, 0.6) is 0 Å². The molecule has 0 bridgehead atoms. The van der Waals surface area contributed by atoms with E-state index < -0.39 is 9.84 Å². The molecule has 1 aromatic carbocycles. The summed E-state index contributed by atoms with van der Waals surface area (Å²) in [5, 5.41) is 3.08. The normalized spacial score (nSPS) is 19.9. The summed E-state index contributed by atoms with van der Waals surface area (Å²) in [5.74, 6) is 0.0561. The third kappa shape index (κ3) is 3.78. The van der Waals surface area contributed by atoms with Gasteiger partial charge in [-0.2, -0.15) is 0 Å². The summed E-state index contributed by atoms with van der Waals surface area (Å²) in [7, 11) is -3.01. The molecule has 1 aliphatic rings. The van der Waals surface area contributed by atoms with Gasteiger partial charge in [-0.1, -0.05) is 12.1 Å². The molecule has 0 aliphatic carbocycles. The second-order valence-electron chi connectivity index (χ2n) is 4.43. The summed E-state index contributed by atoms with van der Waals surface area (Å²) >= 11 is 0. The molecule has 0 aromatic heterocycles. The molecular formula is C12H16FNO2S. The van der Waals surface area contributed by atoms with E-state index in [1.165, 1.54) is 12.1 Å². The Kier molecular flexibility index (Phi) is 3.79. The van der Waals surface area contributed by atoms with Gasteiger partial charge in [0, 0.05) is 6.04 Å². The van der Waals surface area contributed by atoms with Gasteiger partial charge in [-0.05, 0) is 37.1 Å². The highest BCUT2D eigenvalue weighted by Crippen LogP contribution is 2.09. The van der Waals surface area contributed by atoms with Crippen molar-refractivity contribution in [2.24, 2.45) is 0 Å². The van der Waals surface area contributed by atoms with Crippen LogP contribution in [-0.2, 0) is 16.3 Å². The fourth-order valence-corrected chi connectivity index (χ4v) is 3.42. The molecule has 1 atom stereocenters. The van der Waals surface area contributed by atoms with Crippen molar-refractivity contribution in [3.63, 3.8) is 0 Å². The summed E-state index contributed by atoms with van der Waals surface area (Å²) in [6.07, 6.45) is 1.39. The SMILES string of the molecule is O=S(=O)(CCc1ccc(F)cc1)CC1CCN1. The van der Waals surface area contributed by atoms with E-state index in [1.54, 1.807) is 12.1 Å². The van der Waals surface area contributed by atoms with Gasteiger partial charge in [0.25, 0.3) is 0 Å². The maximum atomic E-state index is 12.7. The lowest BCUT2D eigenvalue weighted by molar-refractivity contribution is 0.399. The molecule has 0 amide bonds. The summed E-state index contributed by atoms with van der Waals surface area (Å²) in [6.45, 7) is 0.915. The lowest BCUT2D eigenvalue weighted by atomic mass is 10.1. The van der Waals surface area contributed by atoms with Crippen LogP contribution in [0.3, 0.4) is 0 Å². The molecule has 17 heavy (non-hydrogen) atoms. The van der Waals surface area contributed by atoms with Crippen LogP contribution in [0, 0.1) is 5.82 Å². The minimum absolute atomic E-state index is 0.133. The van der Waals surface area contributed by atoms with Crippen LogP contribution in [-0.4, -0.2) is 32.5 Å². The Morgan fingerprint density at radius 3 is 2.47 bits per heavy atom. The van der Waals surface area contributed by atoms with Crippen LogP contribution < -0.4 is 5.32 Å². The molecule has 5 heteroatoms. The van der Waals surface area contributed by atoms with Crippen molar-refractivity contribution in [3.05, 3.63) is 35.6 Å². The summed E-state index contributed by atoms with van der Waals surface area (Å²) in [4.78, 5) is 0. The molecule has 1 fully saturated rings. The van der Waals surface area contributed by atoms with E-state index in [1.807, 2.05) is 0 Å². The highest BCUT2D eigenvalue weighted by atomic mass is 32.2. The van der Waals surface area contributed by atoms with Crippen molar-refractivity contribution in [1.82, 2.24) is 5.32 Å². The lowest BCUT2D eigenvalue weighted by Gasteiger charge is -2.27. The number of halogens is 1. The van der Waals surface area contributed by atoms with Gasteiger partial charge in [0.15, 0.2) is 9.84 Å². The first-order valence-electron chi connectivity index (χ1n) is 5.73. The fraction of sp³-hybridized carbons (Fsp3) is 0.500. The number of aryl methyl sites for hydroxylation is 1. The van der Waals surface area contributed by atoms with Crippen molar-refractivity contribution in [1.29, 1.82) is 0 Å². The quantitative estimate of drug-likeness (QED) is 0.860. The molecule has 1 saturated heterocycles. The van der Waals surface area contributed by atoms with E-state index in [4.69, 9.17) is 0 Å². The van der Waals surface area contributed by atoms with Gasteiger partial charge < -0.3 is 5.32 Å². The second-order valence-corrected chi connectivity index (χ2v) is 6.66. The van der Waals surface area contributed by atoms with Gasteiger partial charge in [-0.15, -0.1) is 0 Å². The molecule has 1 heterocycles. The first-order valence-corrected chi connectivity index (χ1v) is 7.55. The van der Waals surface area contributed by atoms with Gasteiger partial charge in [0.05, 0.1) is 11.5 Å². The molecule has 1 unspecified atom stereocenters. The molecule has 3 nitrogen and oxygen atoms in total. The average Bonchev–Trinajstić information content (AvgIpc) is 2.23. The Hall–Kier alpha value is -0.940. The highest BCUT2D eigenvalue weighted by Gasteiger charge is 2.23. The lowest BCUT2D eigenvalue weighted by Crippen LogP contribution is -2.47. The van der Waals surface area contributed by atoms with E-state index in [9.17, 15) is 12.8 Å². The number of hydrogen-bond donors (Lipinski definition) is 1. The minimum atomic E-state index is -3.01. The third-order valence-corrected chi connectivity index (χ3v) is 4.73. The van der Waals surface area contributed by atoms with Crippen LogP contribution >= 0.6 is 0 Å². The number of sulfone groups is 1. The maximum absolute atomic E-state index is 12.7. The summed E-state index contributed by atoms with van der Waals surface area (Å²) in [5.41, 5.74) is 0.858. The van der Waals surface area contributed by atoms with Crippen LogP contribution in [0.4, 0.5) is 4.39 Å². The van der Waals surface area contributed by atoms with E-state index in [-0.39, 0.29) is 23.4 Å². The first kappa shape index (κ1) is 12.5. The van der Waals surface area contributed by atoms with Crippen LogP contribution in [0.1, 0.15) is 12.0 Å². The zero-order valence-corrected chi connectivity index (χ0v) is 10.3. The second kappa shape index (κ2) is 5.14. The van der Waals surface area contributed by atoms with Gasteiger partial charge in [0.1, 0.15) is 5.82 Å². The Morgan fingerprint density at radius 2 is 1.94 bits per heavy atom. The number of rotatable bonds is 5. The molecule has 1 N–H and O–H groups in total. The fourth-order valence-electron chi connectivity index (χ4n) is 1.81. The van der Waals surface area contributed by atoms with Gasteiger partial charge in [-0.25, -0.2) is 12.8 Å². The third-order valence-electron chi connectivity index (χ3n) is 3.00. The van der Waals surface area contributed by atoms with Gasteiger partial charge >= 0.3 is 0 Å². The molecular weight excluding hydrogens is 241 g/mol. The largest absolute Gasteiger partial charge is 0.313 e. The predicted molar refractivity (Wildman–Crippen MR) is 65.2 cm³/mol. The molecule has 0 radical (unpaired) electrons. The van der Waals surface area contributed by atoms with Crippen LogP contribution in [0.2, 0.25) is 0 Å².